The van der Waals surface area contributed by atoms with Gasteiger partial charge in [0.25, 0.3) is 0 Å². The zero-order chi connectivity index (χ0) is 10.9. The first-order valence-corrected chi connectivity index (χ1v) is 5.51. The molecule has 0 aromatic heterocycles. The molecule has 1 aliphatic rings. The topological polar surface area (TPSA) is 57.6 Å². The van der Waals surface area contributed by atoms with Gasteiger partial charge in [-0.05, 0) is 5.41 Å². The largest absolute Gasteiger partial charge is 0.465 e. The summed E-state index contributed by atoms with van der Waals surface area (Å²) in [6, 6.07) is -0.485. The SMILES string of the molecule is CC(C)(C)[C@H]1SCC(C=O)N1C(=O)O. The molecule has 0 radical (unpaired) electrons. The van der Waals surface area contributed by atoms with E-state index in [1.54, 1.807) is 0 Å². The summed E-state index contributed by atoms with van der Waals surface area (Å²) in [6.45, 7) is 5.94. The second kappa shape index (κ2) is 3.81. The lowest BCUT2D eigenvalue weighted by Crippen LogP contribution is -2.46. The number of hydrogen-bond donors (Lipinski definition) is 1. The van der Waals surface area contributed by atoms with Gasteiger partial charge in [-0.15, -0.1) is 11.8 Å². The highest BCUT2D eigenvalue weighted by Crippen LogP contribution is 2.39. The van der Waals surface area contributed by atoms with Crippen LogP contribution in [0.1, 0.15) is 20.8 Å². The van der Waals surface area contributed by atoms with Crippen molar-refractivity contribution in [3.05, 3.63) is 0 Å². The van der Waals surface area contributed by atoms with Crippen LogP contribution in [0.5, 0.6) is 0 Å². The molecule has 1 unspecified atom stereocenters. The van der Waals surface area contributed by atoms with Crippen molar-refractivity contribution in [1.29, 1.82) is 0 Å². The van der Waals surface area contributed by atoms with E-state index in [9.17, 15) is 9.59 Å². The molecule has 0 aliphatic carbocycles. The van der Waals surface area contributed by atoms with Crippen LogP contribution in [-0.2, 0) is 4.79 Å². The molecule has 5 heteroatoms. The number of carbonyl (C=O) groups excluding carboxylic acids is 1. The molecule has 1 heterocycles. The number of carbonyl (C=O) groups is 2. The van der Waals surface area contributed by atoms with Crippen LogP contribution in [0.15, 0.2) is 0 Å². The Kier molecular flexibility index (Phi) is 3.09. The minimum atomic E-state index is -1.01. The van der Waals surface area contributed by atoms with Gasteiger partial charge in [0.1, 0.15) is 12.3 Å². The lowest BCUT2D eigenvalue weighted by molar-refractivity contribution is -0.111. The summed E-state index contributed by atoms with van der Waals surface area (Å²) in [5, 5.41) is 8.87. The van der Waals surface area contributed by atoms with Crippen molar-refractivity contribution in [2.24, 2.45) is 5.41 Å². The number of thioether (sulfide) groups is 1. The van der Waals surface area contributed by atoms with Gasteiger partial charge in [-0.25, -0.2) is 4.79 Å². The molecule has 1 fully saturated rings. The second-order valence-electron chi connectivity index (χ2n) is 4.44. The Hall–Kier alpha value is -0.710. The zero-order valence-electron chi connectivity index (χ0n) is 8.56. The summed E-state index contributed by atoms with van der Waals surface area (Å²) in [6.07, 6.45) is -0.292. The maximum atomic E-state index is 11.0. The fourth-order valence-corrected chi connectivity index (χ4v) is 3.06. The average Bonchev–Trinajstić information content (AvgIpc) is 2.45. The Morgan fingerprint density at radius 2 is 2.14 bits per heavy atom. The highest BCUT2D eigenvalue weighted by Gasteiger charge is 2.43. The van der Waals surface area contributed by atoms with Gasteiger partial charge in [0.15, 0.2) is 0 Å². The van der Waals surface area contributed by atoms with Crippen LogP contribution in [-0.4, -0.2) is 39.6 Å². The summed E-state index contributed by atoms with van der Waals surface area (Å²) in [5.74, 6) is 0.567. The predicted octanol–water partition coefficient (Wildman–Crippen LogP) is 1.65. The van der Waals surface area contributed by atoms with Gasteiger partial charge in [-0.2, -0.15) is 0 Å². The smallest absolute Gasteiger partial charge is 0.408 e. The summed E-state index contributed by atoms with van der Waals surface area (Å²) in [7, 11) is 0. The number of aldehydes is 1. The lowest BCUT2D eigenvalue weighted by atomic mass is 9.95. The molecule has 0 saturated carbocycles. The van der Waals surface area contributed by atoms with Crippen LogP contribution in [0.4, 0.5) is 4.79 Å². The van der Waals surface area contributed by atoms with E-state index < -0.39 is 12.1 Å². The minimum absolute atomic E-state index is 0.129. The third-order valence-corrected chi connectivity index (χ3v) is 3.94. The van der Waals surface area contributed by atoms with E-state index in [4.69, 9.17) is 5.11 Å². The molecule has 0 aromatic rings. The van der Waals surface area contributed by atoms with Crippen molar-refractivity contribution in [3.63, 3.8) is 0 Å². The highest BCUT2D eigenvalue weighted by atomic mass is 32.2. The Labute approximate surface area is 87.7 Å². The normalized spacial score (nSPS) is 27.8. The number of amides is 1. The molecule has 4 nitrogen and oxygen atoms in total. The van der Waals surface area contributed by atoms with Crippen molar-refractivity contribution < 1.29 is 14.7 Å². The molecule has 2 atom stereocenters. The molecule has 0 aromatic carbocycles. The first kappa shape index (κ1) is 11.4. The number of nitrogens with zero attached hydrogens (tertiary/aromatic N) is 1. The molecule has 1 aliphatic heterocycles. The molecule has 1 amide bonds. The van der Waals surface area contributed by atoms with Crippen LogP contribution in [0.25, 0.3) is 0 Å². The third-order valence-electron chi connectivity index (χ3n) is 2.15. The molecular formula is C9H15NO3S. The van der Waals surface area contributed by atoms with Gasteiger partial charge >= 0.3 is 6.09 Å². The second-order valence-corrected chi connectivity index (χ2v) is 5.56. The van der Waals surface area contributed by atoms with E-state index >= 15 is 0 Å². The monoisotopic (exact) mass is 217 g/mol. The molecule has 14 heavy (non-hydrogen) atoms. The molecule has 1 N–H and O–H groups in total. The maximum Gasteiger partial charge on any atom is 0.408 e. The van der Waals surface area contributed by atoms with E-state index in [0.29, 0.717) is 12.0 Å². The zero-order valence-corrected chi connectivity index (χ0v) is 9.37. The van der Waals surface area contributed by atoms with Crippen LogP contribution >= 0.6 is 11.8 Å². The molecule has 1 saturated heterocycles. The van der Waals surface area contributed by atoms with Gasteiger partial charge in [0.05, 0.1) is 5.37 Å². The fraction of sp³-hybridized carbons (Fsp3) is 0.778. The molecule has 1 rings (SSSR count). The van der Waals surface area contributed by atoms with Gasteiger partial charge in [0.2, 0.25) is 0 Å². The van der Waals surface area contributed by atoms with Crippen molar-refractivity contribution in [2.75, 3.05) is 5.75 Å². The molecule has 0 spiro atoms. The van der Waals surface area contributed by atoms with E-state index in [2.05, 4.69) is 0 Å². The molecule has 0 bridgehead atoms. The Morgan fingerprint density at radius 3 is 2.50 bits per heavy atom. The van der Waals surface area contributed by atoms with Gasteiger partial charge < -0.3 is 9.90 Å². The summed E-state index contributed by atoms with van der Waals surface area (Å²) >= 11 is 1.53. The first-order valence-electron chi connectivity index (χ1n) is 4.46. The van der Waals surface area contributed by atoms with E-state index in [1.165, 1.54) is 16.7 Å². The van der Waals surface area contributed by atoms with Gasteiger partial charge in [-0.1, -0.05) is 20.8 Å². The minimum Gasteiger partial charge on any atom is -0.465 e. The van der Waals surface area contributed by atoms with Crippen molar-refractivity contribution in [2.45, 2.75) is 32.2 Å². The van der Waals surface area contributed by atoms with Crippen molar-refractivity contribution >= 4 is 24.1 Å². The highest BCUT2D eigenvalue weighted by molar-refractivity contribution is 8.00. The number of rotatable bonds is 1. The standard InChI is InChI=1S/C9H15NO3S/c1-9(2,3)7-10(8(12)13)6(4-11)5-14-7/h4,6-7H,5H2,1-3H3,(H,12,13)/t6?,7-/m1/s1. The van der Waals surface area contributed by atoms with E-state index in [1.807, 2.05) is 20.8 Å². The first-order chi connectivity index (χ1) is 6.38. The predicted molar refractivity (Wildman–Crippen MR) is 55.4 cm³/mol. The molecular weight excluding hydrogens is 202 g/mol. The van der Waals surface area contributed by atoms with Crippen LogP contribution in [0.2, 0.25) is 0 Å². The Morgan fingerprint density at radius 1 is 1.57 bits per heavy atom. The summed E-state index contributed by atoms with van der Waals surface area (Å²) in [4.78, 5) is 22.9. The Balaban J connectivity index is 2.89. The average molecular weight is 217 g/mol. The number of hydrogen-bond acceptors (Lipinski definition) is 3. The summed E-state index contributed by atoms with van der Waals surface area (Å²) in [5.41, 5.74) is -0.138. The fourth-order valence-electron chi connectivity index (χ4n) is 1.54. The van der Waals surface area contributed by atoms with Crippen LogP contribution in [0, 0.1) is 5.41 Å². The van der Waals surface area contributed by atoms with Crippen molar-refractivity contribution in [1.82, 2.24) is 4.90 Å². The Bertz CT molecular complexity index is 249. The van der Waals surface area contributed by atoms with Crippen LogP contribution in [0.3, 0.4) is 0 Å². The maximum absolute atomic E-state index is 11.0. The lowest BCUT2D eigenvalue weighted by Gasteiger charge is -2.33. The quantitative estimate of drug-likeness (QED) is 0.678. The van der Waals surface area contributed by atoms with Crippen molar-refractivity contribution in [3.8, 4) is 0 Å². The van der Waals surface area contributed by atoms with Gasteiger partial charge in [0, 0.05) is 5.75 Å². The number of carboxylic acid groups (broad SMARTS) is 1. The van der Waals surface area contributed by atoms with E-state index in [0.717, 1.165) is 0 Å². The van der Waals surface area contributed by atoms with Crippen LogP contribution < -0.4 is 0 Å². The third kappa shape index (κ3) is 2.03. The summed E-state index contributed by atoms with van der Waals surface area (Å²) < 4.78 is 0. The van der Waals surface area contributed by atoms with E-state index in [-0.39, 0.29) is 10.8 Å². The van der Waals surface area contributed by atoms with Gasteiger partial charge in [-0.3, -0.25) is 4.90 Å². The molecule has 80 valence electrons.